The quantitative estimate of drug-likeness (QED) is 0.765. The number of carbonyl (C=O) groups excluding carboxylic acids is 1. The summed E-state index contributed by atoms with van der Waals surface area (Å²) in [5, 5.41) is 0.524. The number of hydrogen-bond acceptors (Lipinski definition) is 5. The van der Waals surface area contributed by atoms with Crippen molar-refractivity contribution in [2.45, 2.75) is 19.6 Å². The predicted octanol–water partition coefficient (Wildman–Crippen LogP) is 2.11. The summed E-state index contributed by atoms with van der Waals surface area (Å²) in [6.45, 7) is 2.66. The van der Waals surface area contributed by atoms with Gasteiger partial charge in [-0.3, -0.25) is 9.59 Å². The molecule has 0 saturated heterocycles. The Hall–Kier alpha value is -3.35. The summed E-state index contributed by atoms with van der Waals surface area (Å²) in [6, 6.07) is 14.4. The number of nitrogens with one attached hydrogen (secondary N) is 1. The van der Waals surface area contributed by atoms with Crippen LogP contribution in [0.15, 0.2) is 53.3 Å². The van der Waals surface area contributed by atoms with Crippen LogP contribution in [0.25, 0.3) is 10.9 Å². The fraction of sp³-hybridized carbons (Fsp3) is 0.250. The second kappa shape index (κ2) is 7.11. The van der Waals surface area contributed by atoms with Crippen LogP contribution in [0.1, 0.15) is 12.7 Å². The largest absolute Gasteiger partial charge is 0.485 e. The summed E-state index contributed by atoms with van der Waals surface area (Å²) in [6.07, 6.45) is -0.730. The number of rotatable bonds is 4. The Kier molecular flexibility index (Phi) is 4.50. The van der Waals surface area contributed by atoms with E-state index in [0.29, 0.717) is 34.8 Å². The molecule has 1 N–H and O–H groups in total. The van der Waals surface area contributed by atoms with Crippen molar-refractivity contribution in [2.24, 2.45) is 0 Å². The zero-order valence-electron chi connectivity index (χ0n) is 14.8. The second-order valence-corrected chi connectivity index (χ2v) is 6.25. The van der Waals surface area contributed by atoms with Gasteiger partial charge in [0, 0.05) is 6.54 Å². The number of benzene rings is 2. The fourth-order valence-electron chi connectivity index (χ4n) is 3.08. The Morgan fingerprint density at radius 2 is 1.93 bits per heavy atom. The number of aromatic nitrogens is 2. The Balaban J connectivity index is 1.54. The molecule has 138 valence electrons. The van der Waals surface area contributed by atoms with Crippen LogP contribution >= 0.6 is 0 Å². The van der Waals surface area contributed by atoms with Gasteiger partial charge in [-0.05, 0) is 31.2 Å². The molecule has 4 rings (SSSR count). The van der Waals surface area contributed by atoms with E-state index in [1.165, 1.54) is 0 Å². The molecule has 2 heterocycles. The lowest BCUT2D eigenvalue weighted by Gasteiger charge is -2.30. The first kappa shape index (κ1) is 17.1. The summed E-state index contributed by atoms with van der Waals surface area (Å²) in [4.78, 5) is 33.9. The number of H-pyrrole nitrogens is 1. The molecule has 0 radical (unpaired) electrons. The highest BCUT2D eigenvalue weighted by Crippen LogP contribution is 2.31. The normalized spacial score (nSPS) is 15.5. The van der Waals surface area contributed by atoms with Crippen molar-refractivity contribution in [3.63, 3.8) is 0 Å². The molecule has 1 aliphatic heterocycles. The number of fused-ring (bicyclic) bond motifs is 2. The monoisotopic (exact) mass is 365 g/mol. The number of likely N-dealkylation sites (N-methyl/N-ethyl adjacent to an activating group) is 1. The van der Waals surface area contributed by atoms with Crippen LogP contribution in [-0.2, 0) is 11.3 Å². The van der Waals surface area contributed by atoms with Crippen molar-refractivity contribution in [1.29, 1.82) is 0 Å². The minimum atomic E-state index is -0.730. The molecule has 3 aromatic rings. The summed E-state index contributed by atoms with van der Waals surface area (Å²) >= 11 is 0. The average molecular weight is 365 g/mol. The third-order valence-electron chi connectivity index (χ3n) is 4.48. The van der Waals surface area contributed by atoms with Crippen LogP contribution in [0.3, 0.4) is 0 Å². The number of amides is 1. The first-order chi connectivity index (χ1) is 13.2. The number of hydrogen-bond donors (Lipinski definition) is 1. The molecule has 7 nitrogen and oxygen atoms in total. The van der Waals surface area contributed by atoms with E-state index in [9.17, 15) is 9.59 Å². The van der Waals surface area contributed by atoms with Crippen molar-refractivity contribution >= 4 is 16.8 Å². The van der Waals surface area contributed by atoms with Crippen LogP contribution in [0, 0.1) is 0 Å². The van der Waals surface area contributed by atoms with Gasteiger partial charge in [0.15, 0.2) is 11.5 Å². The van der Waals surface area contributed by atoms with E-state index in [4.69, 9.17) is 9.47 Å². The highest BCUT2D eigenvalue weighted by molar-refractivity contribution is 5.82. The summed E-state index contributed by atoms with van der Waals surface area (Å²) < 4.78 is 11.4. The van der Waals surface area contributed by atoms with E-state index in [2.05, 4.69) is 9.97 Å². The van der Waals surface area contributed by atoms with Gasteiger partial charge in [-0.15, -0.1) is 0 Å². The van der Waals surface area contributed by atoms with Crippen LogP contribution < -0.4 is 15.0 Å². The Bertz CT molecular complexity index is 1050. The zero-order valence-corrected chi connectivity index (χ0v) is 14.8. The Morgan fingerprint density at radius 3 is 2.74 bits per heavy atom. The van der Waals surface area contributed by atoms with Crippen molar-refractivity contribution in [1.82, 2.24) is 14.9 Å². The molecule has 1 aliphatic rings. The maximum atomic E-state index is 12.9. The van der Waals surface area contributed by atoms with Gasteiger partial charge in [0.1, 0.15) is 12.4 Å². The van der Waals surface area contributed by atoms with E-state index in [-0.39, 0.29) is 24.6 Å². The van der Waals surface area contributed by atoms with Crippen molar-refractivity contribution in [2.75, 3.05) is 13.2 Å². The van der Waals surface area contributed by atoms with Gasteiger partial charge < -0.3 is 19.4 Å². The number of carbonyl (C=O) groups is 1. The van der Waals surface area contributed by atoms with Crippen molar-refractivity contribution in [3.8, 4) is 11.5 Å². The maximum absolute atomic E-state index is 12.9. The van der Waals surface area contributed by atoms with Crippen LogP contribution in [-0.4, -0.2) is 40.0 Å². The van der Waals surface area contributed by atoms with Gasteiger partial charge in [-0.1, -0.05) is 24.3 Å². The first-order valence-electron chi connectivity index (χ1n) is 8.81. The lowest BCUT2D eigenvalue weighted by molar-refractivity contribution is -0.141. The number of para-hydroxylation sites is 3. The van der Waals surface area contributed by atoms with Crippen LogP contribution in [0.2, 0.25) is 0 Å². The summed E-state index contributed by atoms with van der Waals surface area (Å²) in [7, 11) is 0. The first-order valence-corrected chi connectivity index (χ1v) is 8.81. The number of nitrogens with zero attached hydrogens (tertiary/aromatic N) is 2. The van der Waals surface area contributed by atoms with Gasteiger partial charge >= 0.3 is 0 Å². The molecule has 0 unspecified atom stereocenters. The predicted molar refractivity (Wildman–Crippen MR) is 99.8 cm³/mol. The van der Waals surface area contributed by atoms with Gasteiger partial charge in [0.2, 0.25) is 6.10 Å². The highest BCUT2D eigenvalue weighted by Gasteiger charge is 2.30. The maximum Gasteiger partial charge on any atom is 0.267 e. The molecule has 27 heavy (non-hydrogen) atoms. The molecule has 0 saturated carbocycles. The molecule has 0 bridgehead atoms. The molecule has 1 atom stereocenters. The summed E-state index contributed by atoms with van der Waals surface area (Å²) in [5.41, 5.74) is 0.385. The number of ether oxygens (including phenoxy) is 2. The van der Waals surface area contributed by atoms with Gasteiger partial charge in [-0.25, -0.2) is 4.98 Å². The minimum absolute atomic E-state index is 0.147. The molecule has 1 aromatic heterocycles. The third kappa shape index (κ3) is 3.36. The molecule has 7 heteroatoms. The van der Waals surface area contributed by atoms with E-state index in [0.717, 1.165) is 0 Å². The standard InChI is InChI=1S/C20H19N3O4/c1-2-23(11-18-21-14-8-4-3-7-13(14)19(24)22-18)20(25)17-12-26-15-9-5-6-10-16(15)27-17/h3-10,17H,2,11-12H2,1H3,(H,21,22,24)/t17-/m1/s1. The van der Waals surface area contributed by atoms with Gasteiger partial charge in [0.05, 0.1) is 17.4 Å². The van der Waals surface area contributed by atoms with E-state index in [1.807, 2.05) is 25.1 Å². The molecule has 0 fully saturated rings. The minimum Gasteiger partial charge on any atom is -0.485 e. The molecular weight excluding hydrogens is 346 g/mol. The Labute approximate surface area is 155 Å². The molecule has 0 aliphatic carbocycles. The van der Waals surface area contributed by atoms with Crippen molar-refractivity contribution in [3.05, 3.63) is 64.7 Å². The van der Waals surface area contributed by atoms with Crippen LogP contribution in [0.4, 0.5) is 0 Å². The third-order valence-corrected chi connectivity index (χ3v) is 4.48. The zero-order chi connectivity index (χ0) is 18.8. The molecule has 2 aromatic carbocycles. The topological polar surface area (TPSA) is 84.5 Å². The lowest BCUT2D eigenvalue weighted by Crippen LogP contribution is -2.46. The highest BCUT2D eigenvalue weighted by atomic mass is 16.6. The second-order valence-electron chi connectivity index (χ2n) is 6.25. The Morgan fingerprint density at radius 1 is 1.19 bits per heavy atom. The molecule has 0 spiro atoms. The van der Waals surface area contributed by atoms with E-state index in [1.54, 1.807) is 35.2 Å². The number of aromatic amines is 1. The molecular formula is C20H19N3O4. The lowest BCUT2D eigenvalue weighted by atomic mass is 10.2. The van der Waals surface area contributed by atoms with Crippen molar-refractivity contribution < 1.29 is 14.3 Å². The van der Waals surface area contributed by atoms with Gasteiger partial charge in [-0.2, -0.15) is 0 Å². The summed E-state index contributed by atoms with van der Waals surface area (Å²) in [5.74, 6) is 1.41. The van der Waals surface area contributed by atoms with Gasteiger partial charge in [0.25, 0.3) is 11.5 Å². The van der Waals surface area contributed by atoms with E-state index >= 15 is 0 Å². The SMILES string of the molecule is CCN(Cc1nc2ccccc2c(=O)[nH]1)C(=O)[C@H]1COc2ccccc2O1. The average Bonchev–Trinajstić information content (AvgIpc) is 2.71. The fourth-order valence-corrected chi connectivity index (χ4v) is 3.08. The molecule has 1 amide bonds. The smallest absolute Gasteiger partial charge is 0.267 e. The van der Waals surface area contributed by atoms with E-state index < -0.39 is 6.10 Å². The van der Waals surface area contributed by atoms with Crippen LogP contribution in [0.5, 0.6) is 11.5 Å².